The van der Waals surface area contributed by atoms with Crippen LogP contribution >= 0.6 is 0 Å². The summed E-state index contributed by atoms with van der Waals surface area (Å²) < 4.78 is 0. The Kier molecular flexibility index (Phi) is 6.36. The van der Waals surface area contributed by atoms with E-state index in [1.807, 2.05) is 6.92 Å². The summed E-state index contributed by atoms with van der Waals surface area (Å²) in [6, 6.07) is 0. The fourth-order valence-electron chi connectivity index (χ4n) is 0.394. The van der Waals surface area contributed by atoms with Crippen LogP contribution in [-0.4, -0.2) is 25.5 Å². The van der Waals surface area contributed by atoms with Crippen LogP contribution in [0.3, 0.4) is 0 Å². The number of hydrogen-bond acceptors (Lipinski definition) is 2. The van der Waals surface area contributed by atoms with Crippen LogP contribution in [0.4, 0.5) is 0 Å². The van der Waals surface area contributed by atoms with Crippen LogP contribution in [0.5, 0.6) is 0 Å². The number of aliphatic imine (C=N–C) groups is 2. The maximum Gasteiger partial charge on any atom is 0.0585 e. The fraction of sp³-hybridized carbons (Fsp3) is 0.429. The van der Waals surface area contributed by atoms with Crippen LogP contribution in [0.2, 0.25) is 0 Å². The first-order valence-electron chi connectivity index (χ1n) is 2.97. The lowest BCUT2D eigenvalue weighted by Gasteiger charge is -1.83. The topological polar surface area (TPSA) is 24.7 Å². The largest absolute Gasteiger partial charge is 0.296 e. The molecule has 0 heterocycles. The third-order valence-corrected chi connectivity index (χ3v) is 0.752. The summed E-state index contributed by atoms with van der Waals surface area (Å²) in [7, 11) is 0. The molecule has 0 aliphatic heterocycles. The monoisotopic (exact) mass is 124 g/mol. The molecule has 0 aromatic carbocycles. The molecule has 0 bridgehead atoms. The second kappa shape index (κ2) is 7.08. The minimum Gasteiger partial charge on any atom is -0.296 e. The zero-order valence-corrected chi connectivity index (χ0v) is 5.75. The number of hydrogen-bond donors (Lipinski definition) is 0. The highest BCUT2D eigenvalue weighted by Gasteiger charge is 1.71. The van der Waals surface area contributed by atoms with Crippen molar-refractivity contribution < 1.29 is 0 Å². The standard InChI is InChI=1S/C7H12N2/c1-3-5-9-7-6-8-4-2/h3-5H,1,6-7H2,2H3/b8-4-,9-5-. The van der Waals surface area contributed by atoms with Crippen molar-refractivity contribution in [3.63, 3.8) is 0 Å². The summed E-state index contributed by atoms with van der Waals surface area (Å²) in [5.74, 6) is 0. The van der Waals surface area contributed by atoms with Crippen molar-refractivity contribution >= 4 is 12.4 Å². The van der Waals surface area contributed by atoms with Gasteiger partial charge < -0.3 is 0 Å². The molecule has 0 spiro atoms. The summed E-state index contributed by atoms with van der Waals surface area (Å²) in [5.41, 5.74) is 0. The first-order valence-corrected chi connectivity index (χ1v) is 2.97. The number of rotatable bonds is 4. The highest BCUT2D eigenvalue weighted by Crippen LogP contribution is 1.70. The van der Waals surface area contributed by atoms with Crippen molar-refractivity contribution in [3.8, 4) is 0 Å². The minimum atomic E-state index is 0.760. The first kappa shape index (κ1) is 8.08. The van der Waals surface area contributed by atoms with E-state index < -0.39 is 0 Å². The molecule has 0 amide bonds. The second-order valence-corrected chi connectivity index (χ2v) is 1.46. The zero-order chi connectivity index (χ0) is 6.95. The molecule has 50 valence electrons. The summed E-state index contributed by atoms with van der Waals surface area (Å²) in [5, 5.41) is 0. The molecule has 0 aromatic heterocycles. The summed E-state index contributed by atoms with van der Waals surface area (Å²) in [6.45, 7) is 6.93. The minimum absolute atomic E-state index is 0.760. The zero-order valence-electron chi connectivity index (χ0n) is 5.75. The molecule has 9 heavy (non-hydrogen) atoms. The molecule has 0 aliphatic rings. The molecule has 0 N–H and O–H groups in total. The van der Waals surface area contributed by atoms with Gasteiger partial charge in [0.2, 0.25) is 0 Å². The normalized spacial score (nSPS) is 11.2. The highest BCUT2D eigenvalue weighted by atomic mass is 14.8. The maximum absolute atomic E-state index is 3.97. The Morgan fingerprint density at radius 1 is 1.33 bits per heavy atom. The van der Waals surface area contributed by atoms with Gasteiger partial charge in [-0.3, -0.25) is 9.98 Å². The molecule has 0 radical (unpaired) electrons. The van der Waals surface area contributed by atoms with Crippen LogP contribution in [0, 0.1) is 0 Å². The van der Waals surface area contributed by atoms with Crippen molar-refractivity contribution in [3.05, 3.63) is 12.7 Å². The molecular formula is C7H12N2. The molecule has 0 atom stereocenters. The average Bonchev–Trinajstić information content (AvgIpc) is 1.89. The molecule has 0 aromatic rings. The Balaban J connectivity index is 3.08. The Morgan fingerprint density at radius 2 is 2.00 bits per heavy atom. The molecule has 2 nitrogen and oxygen atoms in total. The molecule has 0 saturated carbocycles. The van der Waals surface area contributed by atoms with Gasteiger partial charge in [0.15, 0.2) is 0 Å². The van der Waals surface area contributed by atoms with Crippen molar-refractivity contribution in [2.24, 2.45) is 9.98 Å². The van der Waals surface area contributed by atoms with E-state index in [-0.39, 0.29) is 0 Å². The molecule has 0 unspecified atom stereocenters. The molecule has 2 heteroatoms. The Labute approximate surface area is 56.0 Å². The van der Waals surface area contributed by atoms with Gasteiger partial charge in [0.25, 0.3) is 0 Å². The number of allylic oxidation sites excluding steroid dienone is 1. The van der Waals surface area contributed by atoms with Gasteiger partial charge >= 0.3 is 0 Å². The molecule has 0 saturated heterocycles. The number of nitrogens with zero attached hydrogens (tertiary/aromatic N) is 2. The van der Waals surface area contributed by atoms with E-state index >= 15 is 0 Å². The van der Waals surface area contributed by atoms with Crippen molar-refractivity contribution in [1.82, 2.24) is 0 Å². The predicted octanol–water partition coefficient (Wildman–Crippen LogP) is 1.33. The smallest absolute Gasteiger partial charge is 0.0585 e. The molecule has 0 rings (SSSR count). The van der Waals surface area contributed by atoms with Crippen molar-refractivity contribution in [2.75, 3.05) is 13.1 Å². The van der Waals surface area contributed by atoms with Gasteiger partial charge in [-0.05, 0) is 13.1 Å². The predicted molar refractivity (Wildman–Crippen MR) is 42.6 cm³/mol. The second-order valence-electron chi connectivity index (χ2n) is 1.46. The summed E-state index contributed by atoms with van der Waals surface area (Å²) in [6.07, 6.45) is 5.13. The summed E-state index contributed by atoms with van der Waals surface area (Å²) >= 11 is 0. The third kappa shape index (κ3) is 7.08. The quantitative estimate of drug-likeness (QED) is 0.399. The van der Waals surface area contributed by atoms with Gasteiger partial charge in [0, 0.05) is 6.21 Å². The van der Waals surface area contributed by atoms with Gasteiger partial charge in [0.1, 0.15) is 0 Å². The Hall–Kier alpha value is -0.920. The van der Waals surface area contributed by atoms with E-state index in [4.69, 9.17) is 0 Å². The van der Waals surface area contributed by atoms with Crippen LogP contribution in [0.15, 0.2) is 22.6 Å². The van der Waals surface area contributed by atoms with Crippen LogP contribution in [0.1, 0.15) is 6.92 Å². The van der Waals surface area contributed by atoms with E-state index in [9.17, 15) is 0 Å². The van der Waals surface area contributed by atoms with Gasteiger partial charge in [-0.15, -0.1) is 0 Å². The lowest BCUT2D eigenvalue weighted by Crippen LogP contribution is -1.85. The van der Waals surface area contributed by atoms with Gasteiger partial charge in [-0.25, -0.2) is 0 Å². The fourth-order valence-corrected chi connectivity index (χ4v) is 0.394. The maximum atomic E-state index is 3.97. The van der Waals surface area contributed by atoms with Crippen molar-refractivity contribution in [2.45, 2.75) is 6.92 Å². The van der Waals surface area contributed by atoms with Crippen LogP contribution in [0.25, 0.3) is 0 Å². The van der Waals surface area contributed by atoms with E-state index in [1.165, 1.54) is 0 Å². The van der Waals surface area contributed by atoms with Gasteiger partial charge in [-0.1, -0.05) is 12.7 Å². The van der Waals surface area contributed by atoms with Gasteiger partial charge in [-0.2, -0.15) is 0 Å². The highest BCUT2D eigenvalue weighted by molar-refractivity contribution is 5.69. The first-order chi connectivity index (χ1) is 4.41. The van der Waals surface area contributed by atoms with E-state index in [0.717, 1.165) is 13.1 Å². The average molecular weight is 124 g/mol. The summed E-state index contributed by atoms with van der Waals surface area (Å²) in [4.78, 5) is 7.94. The van der Waals surface area contributed by atoms with E-state index in [1.54, 1.807) is 18.5 Å². The Morgan fingerprint density at radius 3 is 2.56 bits per heavy atom. The molecule has 0 fully saturated rings. The molecule has 0 aliphatic carbocycles. The lowest BCUT2D eigenvalue weighted by atomic mass is 10.6. The van der Waals surface area contributed by atoms with Gasteiger partial charge in [0.05, 0.1) is 13.1 Å². The third-order valence-electron chi connectivity index (χ3n) is 0.752. The SMILES string of the molecule is C=C/C=N\CC/N=C\C. The Bertz CT molecular complexity index is 114. The van der Waals surface area contributed by atoms with Crippen LogP contribution < -0.4 is 0 Å². The molecular weight excluding hydrogens is 112 g/mol. The lowest BCUT2D eigenvalue weighted by molar-refractivity contribution is 0.985. The van der Waals surface area contributed by atoms with E-state index in [2.05, 4.69) is 16.6 Å². The van der Waals surface area contributed by atoms with Crippen LogP contribution in [-0.2, 0) is 0 Å². The van der Waals surface area contributed by atoms with Crippen molar-refractivity contribution in [1.29, 1.82) is 0 Å². The van der Waals surface area contributed by atoms with E-state index in [0.29, 0.717) is 0 Å².